The van der Waals surface area contributed by atoms with Crippen molar-refractivity contribution in [2.45, 2.75) is 53.9 Å². The van der Waals surface area contributed by atoms with Gasteiger partial charge in [-0.05, 0) is 56.6 Å². The van der Waals surface area contributed by atoms with Crippen molar-refractivity contribution in [3.63, 3.8) is 0 Å². The zero-order chi connectivity index (χ0) is 16.8. The Morgan fingerprint density at radius 2 is 2.00 bits per heavy atom. The molecule has 0 spiro atoms. The first-order valence-corrected chi connectivity index (χ1v) is 7.71. The summed E-state index contributed by atoms with van der Waals surface area (Å²) in [5.74, 6) is 5.64. The largest absolute Gasteiger partial charge is 0.478 e. The molecule has 1 aliphatic rings. The molecule has 0 bridgehead atoms. The number of rotatable bonds is 3. The Morgan fingerprint density at radius 1 is 1.32 bits per heavy atom. The van der Waals surface area contributed by atoms with E-state index in [1.807, 2.05) is 19.1 Å². The minimum absolute atomic E-state index is 0.173. The fourth-order valence-electron chi connectivity index (χ4n) is 2.69. The van der Waals surface area contributed by atoms with Crippen LogP contribution >= 0.6 is 0 Å². The van der Waals surface area contributed by atoms with Crippen LogP contribution in [0.15, 0.2) is 46.6 Å². The Bertz CT molecular complexity index is 614. The summed E-state index contributed by atoms with van der Waals surface area (Å²) in [5, 5.41) is 8.64. The van der Waals surface area contributed by atoms with E-state index in [0.29, 0.717) is 5.57 Å². The Kier molecular flexibility index (Phi) is 6.43. The maximum absolute atomic E-state index is 10.5. The molecule has 1 rings (SSSR count). The average Bonchev–Trinajstić information content (AvgIpc) is 2.36. The average molecular weight is 298 g/mol. The molecule has 1 aliphatic carbocycles. The molecular weight excluding hydrogens is 272 g/mol. The standard InChI is InChI=1S/C20H26O2/c1-15(8-6-9-16(2)14-19(21)22)11-12-18-17(3)10-7-13-20(18,4)5/h6,8-9,14H,7,10,13H2,1-5H3,(H,21,22)/b9-6+,15-8+,16-14+. The van der Waals surface area contributed by atoms with Gasteiger partial charge in [0.25, 0.3) is 0 Å². The lowest BCUT2D eigenvalue weighted by molar-refractivity contribution is -0.131. The zero-order valence-electron chi connectivity index (χ0n) is 14.3. The fourth-order valence-corrected chi connectivity index (χ4v) is 2.69. The molecule has 0 fully saturated rings. The zero-order valence-corrected chi connectivity index (χ0v) is 14.3. The molecule has 0 aromatic heterocycles. The van der Waals surface area contributed by atoms with Gasteiger partial charge in [0.1, 0.15) is 0 Å². The lowest BCUT2D eigenvalue weighted by atomic mass is 9.73. The fraction of sp³-hybridized carbons (Fsp3) is 0.450. The van der Waals surface area contributed by atoms with Gasteiger partial charge in [0, 0.05) is 11.6 Å². The van der Waals surface area contributed by atoms with Gasteiger partial charge in [0.15, 0.2) is 0 Å². The second-order valence-corrected chi connectivity index (χ2v) is 6.58. The first kappa shape index (κ1) is 18.0. The van der Waals surface area contributed by atoms with E-state index in [2.05, 4.69) is 32.6 Å². The maximum atomic E-state index is 10.5. The van der Waals surface area contributed by atoms with Crippen molar-refractivity contribution in [2.75, 3.05) is 0 Å². The van der Waals surface area contributed by atoms with Gasteiger partial charge in [-0.15, -0.1) is 0 Å². The van der Waals surface area contributed by atoms with Crippen molar-refractivity contribution in [3.05, 3.63) is 46.6 Å². The number of aliphatic carboxylic acids is 1. The van der Waals surface area contributed by atoms with E-state index in [0.717, 1.165) is 12.0 Å². The van der Waals surface area contributed by atoms with Gasteiger partial charge in [0.2, 0.25) is 0 Å². The highest BCUT2D eigenvalue weighted by atomic mass is 16.4. The molecule has 118 valence electrons. The van der Waals surface area contributed by atoms with E-state index >= 15 is 0 Å². The molecule has 0 saturated carbocycles. The predicted octanol–water partition coefficient (Wildman–Crippen LogP) is 5.05. The van der Waals surface area contributed by atoms with Crippen LogP contribution in [0.5, 0.6) is 0 Å². The first-order chi connectivity index (χ1) is 10.2. The topological polar surface area (TPSA) is 37.3 Å². The normalized spacial score (nSPS) is 19.1. The first-order valence-electron chi connectivity index (χ1n) is 7.71. The van der Waals surface area contributed by atoms with E-state index in [1.165, 1.54) is 30.1 Å². The van der Waals surface area contributed by atoms with Gasteiger partial charge in [-0.2, -0.15) is 0 Å². The SMILES string of the molecule is CC1=C(C#C/C(C)=C/C=C/C(C)=C/C(=O)O)C(C)(C)CCC1. The summed E-state index contributed by atoms with van der Waals surface area (Å²) in [5.41, 5.74) is 4.54. The van der Waals surface area contributed by atoms with Crippen molar-refractivity contribution in [1.29, 1.82) is 0 Å². The number of carbonyl (C=O) groups is 1. The van der Waals surface area contributed by atoms with E-state index in [9.17, 15) is 4.79 Å². The van der Waals surface area contributed by atoms with E-state index in [-0.39, 0.29) is 5.41 Å². The second-order valence-electron chi connectivity index (χ2n) is 6.58. The quantitative estimate of drug-likeness (QED) is 0.450. The number of carboxylic acids is 1. The van der Waals surface area contributed by atoms with Crippen LogP contribution in [0.1, 0.15) is 53.9 Å². The molecule has 0 saturated heterocycles. The summed E-state index contributed by atoms with van der Waals surface area (Å²) in [6.45, 7) is 10.4. The Hall–Kier alpha value is -2.01. The molecule has 0 unspecified atom stereocenters. The minimum atomic E-state index is -0.926. The van der Waals surface area contributed by atoms with Crippen LogP contribution in [0.4, 0.5) is 0 Å². The molecule has 0 aromatic carbocycles. The Morgan fingerprint density at radius 3 is 2.59 bits per heavy atom. The number of hydrogen-bond acceptors (Lipinski definition) is 1. The summed E-state index contributed by atoms with van der Waals surface area (Å²) in [6, 6.07) is 0. The van der Waals surface area contributed by atoms with Crippen LogP contribution in [-0.2, 0) is 4.79 Å². The molecule has 22 heavy (non-hydrogen) atoms. The van der Waals surface area contributed by atoms with Crippen LogP contribution in [0.25, 0.3) is 0 Å². The molecule has 0 aromatic rings. The minimum Gasteiger partial charge on any atom is -0.478 e. The van der Waals surface area contributed by atoms with Gasteiger partial charge in [0.05, 0.1) is 0 Å². The van der Waals surface area contributed by atoms with Gasteiger partial charge in [-0.25, -0.2) is 4.79 Å². The molecule has 0 atom stereocenters. The highest BCUT2D eigenvalue weighted by Gasteiger charge is 2.27. The van der Waals surface area contributed by atoms with Gasteiger partial charge in [-0.3, -0.25) is 0 Å². The van der Waals surface area contributed by atoms with Crippen LogP contribution in [-0.4, -0.2) is 11.1 Å². The third kappa shape index (κ3) is 5.77. The molecule has 0 amide bonds. The van der Waals surface area contributed by atoms with Crippen LogP contribution in [0.2, 0.25) is 0 Å². The maximum Gasteiger partial charge on any atom is 0.328 e. The molecule has 0 aliphatic heterocycles. The van der Waals surface area contributed by atoms with Crippen LogP contribution in [0.3, 0.4) is 0 Å². The summed E-state index contributed by atoms with van der Waals surface area (Å²) in [7, 11) is 0. The van der Waals surface area contributed by atoms with Crippen LogP contribution < -0.4 is 0 Å². The third-order valence-electron chi connectivity index (χ3n) is 3.90. The molecule has 2 heteroatoms. The molecule has 1 N–H and O–H groups in total. The lowest BCUT2D eigenvalue weighted by Gasteiger charge is -2.31. The Balaban J connectivity index is 2.85. The number of hydrogen-bond donors (Lipinski definition) is 1. The highest BCUT2D eigenvalue weighted by Crippen LogP contribution is 2.39. The monoisotopic (exact) mass is 298 g/mol. The number of allylic oxidation sites excluding steroid dienone is 7. The molecule has 0 heterocycles. The van der Waals surface area contributed by atoms with Gasteiger partial charge < -0.3 is 5.11 Å². The van der Waals surface area contributed by atoms with Crippen molar-refractivity contribution in [1.82, 2.24) is 0 Å². The Labute approximate surface area is 134 Å². The van der Waals surface area contributed by atoms with E-state index in [4.69, 9.17) is 5.11 Å². The highest BCUT2D eigenvalue weighted by molar-refractivity contribution is 5.81. The molecular formula is C20H26O2. The lowest BCUT2D eigenvalue weighted by Crippen LogP contribution is -2.19. The van der Waals surface area contributed by atoms with Crippen molar-refractivity contribution in [2.24, 2.45) is 5.41 Å². The summed E-state index contributed by atoms with van der Waals surface area (Å²) < 4.78 is 0. The van der Waals surface area contributed by atoms with Crippen molar-refractivity contribution < 1.29 is 9.90 Å². The predicted molar refractivity (Wildman–Crippen MR) is 92.4 cm³/mol. The van der Waals surface area contributed by atoms with E-state index < -0.39 is 5.97 Å². The molecule has 2 nitrogen and oxygen atoms in total. The van der Waals surface area contributed by atoms with Gasteiger partial charge >= 0.3 is 5.97 Å². The van der Waals surface area contributed by atoms with Crippen LogP contribution in [0, 0.1) is 17.3 Å². The second kappa shape index (κ2) is 7.84. The molecule has 0 radical (unpaired) electrons. The smallest absolute Gasteiger partial charge is 0.328 e. The van der Waals surface area contributed by atoms with Crippen molar-refractivity contribution in [3.8, 4) is 11.8 Å². The summed E-state index contributed by atoms with van der Waals surface area (Å²) >= 11 is 0. The summed E-state index contributed by atoms with van der Waals surface area (Å²) in [6.07, 6.45) is 10.3. The summed E-state index contributed by atoms with van der Waals surface area (Å²) in [4.78, 5) is 10.5. The van der Waals surface area contributed by atoms with E-state index in [1.54, 1.807) is 13.0 Å². The van der Waals surface area contributed by atoms with Crippen molar-refractivity contribution >= 4 is 5.97 Å². The van der Waals surface area contributed by atoms with Gasteiger partial charge in [-0.1, -0.05) is 49.5 Å². The third-order valence-corrected chi connectivity index (χ3v) is 3.90. The number of carboxylic acid groups (broad SMARTS) is 1.